The molecule has 0 atom stereocenters. The highest BCUT2D eigenvalue weighted by Gasteiger charge is 2.23. The molecule has 1 fully saturated rings. The predicted octanol–water partition coefficient (Wildman–Crippen LogP) is 2.72. The highest BCUT2D eigenvalue weighted by atomic mass is 16.1. The van der Waals surface area contributed by atoms with E-state index in [1.807, 2.05) is 31.2 Å². The van der Waals surface area contributed by atoms with E-state index in [0.29, 0.717) is 12.1 Å². The van der Waals surface area contributed by atoms with E-state index in [9.17, 15) is 4.79 Å². The number of hydrogen-bond acceptors (Lipinski definition) is 3. The van der Waals surface area contributed by atoms with Gasteiger partial charge >= 0.3 is 0 Å². The number of carbonyl (C=O) groups excluding carboxylic acids is 1. The molecule has 0 saturated carbocycles. The Kier molecular flexibility index (Phi) is 5.62. The van der Waals surface area contributed by atoms with Crippen molar-refractivity contribution in [3.63, 3.8) is 0 Å². The number of piperidine rings is 1. The van der Waals surface area contributed by atoms with Gasteiger partial charge in [0, 0.05) is 37.4 Å². The number of nitrogens with one attached hydrogen (secondary N) is 2. The lowest BCUT2D eigenvalue weighted by molar-refractivity contribution is 0.0901. The number of likely N-dealkylation sites (tertiary alicyclic amines) is 1. The van der Waals surface area contributed by atoms with Crippen LogP contribution in [0.3, 0.4) is 0 Å². The van der Waals surface area contributed by atoms with Crippen LogP contribution < -0.4 is 10.6 Å². The van der Waals surface area contributed by atoms with Crippen molar-refractivity contribution in [1.29, 1.82) is 0 Å². The zero-order valence-electron chi connectivity index (χ0n) is 13.4. The normalized spacial score (nSPS) is 17.0. The SMILES string of the molecule is CCNc1ccccc1C(=O)NC1CCN(C(C)C)CC1. The van der Waals surface area contributed by atoms with E-state index in [1.165, 1.54) is 0 Å². The predicted molar refractivity (Wildman–Crippen MR) is 87.8 cm³/mol. The minimum absolute atomic E-state index is 0.0366. The first kappa shape index (κ1) is 15.8. The van der Waals surface area contributed by atoms with Gasteiger partial charge in [0.05, 0.1) is 5.56 Å². The van der Waals surface area contributed by atoms with Gasteiger partial charge in [-0.2, -0.15) is 0 Å². The van der Waals surface area contributed by atoms with Gasteiger partial charge in [-0.15, -0.1) is 0 Å². The third-order valence-electron chi connectivity index (χ3n) is 4.13. The van der Waals surface area contributed by atoms with E-state index < -0.39 is 0 Å². The van der Waals surface area contributed by atoms with Gasteiger partial charge in [0.2, 0.25) is 0 Å². The number of carbonyl (C=O) groups is 1. The molecule has 4 nitrogen and oxygen atoms in total. The second-order valence-electron chi connectivity index (χ2n) is 5.95. The largest absolute Gasteiger partial charge is 0.385 e. The summed E-state index contributed by atoms with van der Waals surface area (Å²) in [4.78, 5) is 14.9. The maximum Gasteiger partial charge on any atom is 0.253 e. The summed E-state index contributed by atoms with van der Waals surface area (Å²) < 4.78 is 0. The van der Waals surface area contributed by atoms with Crippen molar-refractivity contribution in [1.82, 2.24) is 10.2 Å². The standard InChI is InChI=1S/C17H27N3O/c1-4-18-16-8-6-5-7-15(16)17(21)19-14-9-11-20(12-10-14)13(2)3/h5-8,13-14,18H,4,9-12H2,1-3H3,(H,19,21). The monoisotopic (exact) mass is 289 g/mol. The molecule has 1 aliphatic heterocycles. The minimum Gasteiger partial charge on any atom is -0.385 e. The Bertz CT molecular complexity index is 465. The van der Waals surface area contributed by atoms with E-state index in [-0.39, 0.29) is 5.91 Å². The Morgan fingerprint density at radius 3 is 2.57 bits per heavy atom. The Balaban J connectivity index is 1.93. The summed E-state index contributed by atoms with van der Waals surface area (Å²) in [6, 6.07) is 8.60. The molecule has 2 N–H and O–H groups in total. The lowest BCUT2D eigenvalue weighted by atomic mass is 10.0. The van der Waals surface area contributed by atoms with Crippen molar-refractivity contribution < 1.29 is 4.79 Å². The van der Waals surface area contributed by atoms with Crippen LogP contribution in [0.1, 0.15) is 44.0 Å². The molecule has 0 bridgehead atoms. The summed E-state index contributed by atoms with van der Waals surface area (Å²) in [6.45, 7) is 9.44. The maximum absolute atomic E-state index is 12.5. The summed E-state index contributed by atoms with van der Waals surface area (Å²) in [7, 11) is 0. The van der Waals surface area contributed by atoms with E-state index in [0.717, 1.165) is 43.7 Å². The van der Waals surface area contributed by atoms with Crippen LogP contribution in [0.4, 0.5) is 5.69 Å². The van der Waals surface area contributed by atoms with Crippen molar-refractivity contribution in [2.45, 2.75) is 45.7 Å². The molecule has 1 saturated heterocycles. The first-order valence-electron chi connectivity index (χ1n) is 7.99. The van der Waals surface area contributed by atoms with E-state index in [1.54, 1.807) is 0 Å². The van der Waals surface area contributed by atoms with Gasteiger partial charge in [-0.1, -0.05) is 12.1 Å². The van der Waals surface area contributed by atoms with E-state index in [4.69, 9.17) is 0 Å². The smallest absolute Gasteiger partial charge is 0.253 e. The molecular weight excluding hydrogens is 262 g/mol. The molecule has 2 rings (SSSR count). The first-order chi connectivity index (χ1) is 10.1. The number of anilines is 1. The number of para-hydroxylation sites is 1. The molecule has 0 aromatic heterocycles. The topological polar surface area (TPSA) is 44.4 Å². The van der Waals surface area contributed by atoms with E-state index >= 15 is 0 Å². The van der Waals surface area contributed by atoms with Crippen molar-refractivity contribution >= 4 is 11.6 Å². The molecule has 1 heterocycles. The molecule has 4 heteroatoms. The summed E-state index contributed by atoms with van der Waals surface area (Å²) in [6.07, 6.45) is 2.07. The average Bonchev–Trinajstić information content (AvgIpc) is 2.48. The van der Waals surface area contributed by atoms with E-state index in [2.05, 4.69) is 29.4 Å². The van der Waals surface area contributed by atoms with Gasteiger partial charge in [0.25, 0.3) is 5.91 Å². The van der Waals surface area contributed by atoms with Crippen molar-refractivity contribution in [3.8, 4) is 0 Å². The molecule has 0 unspecified atom stereocenters. The fraction of sp³-hybridized carbons (Fsp3) is 0.588. The summed E-state index contributed by atoms with van der Waals surface area (Å²) >= 11 is 0. The van der Waals surface area contributed by atoms with Gasteiger partial charge in [0.1, 0.15) is 0 Å². The third kappa shape index (κ3) is 4.21. The van der Waals surface area contributed by atoms with Crippen LogP contribution in [0.15, 0.2) is 24.3 Å². The zero-order chi connectivity index (χ0) is 15.2. The average molecular weight is 289 g/mol. The minimum atomic E-state index is 0.0366. The van der Waals surface area contributed by atoms with Crippen molar-refractivity contribution in [3.05, 3.63) is 29.8 Å². The van der Waals surface area contributed by atoms with Crippen LogP contribution in [0.25, 0.3) is 0 Å². The second kappa shape index (κ2) is 7.46. The molecule has 1 aliphatic rings. The summed E-state index contributed by atoms with van der Waals surface area (Å²) in [5, 5.41) is 6.44. The Labute approximate surface area is 127 Å². The van der Waals surface area contributed by atoms with Crippen LogP contribution in [0.2, 0.25) is 0 Å². The fourth-order valence-corrected chi connectivity index (χ4v) is 2.85. The lowest BCUT2D eigenvalue weighted by Crippen LogP contribution is -2.46. The number of benzene rings is 1. The van der Waals surface area contributed by atoms with Gasteiger partial charge in [-0.3, -0.25) is 4.79 Å². The highest BCUT2D eigenvalue weighted by molar-refractivity contribution is 5.99. The molecule has 0 radical (unpaired) electrons. The van der Waals surface area contributed by atoms with Crippen molar-refractivity contribution in [2.24, 2.45) is 0 Å². The molecular formula is C17H27N3O. The number of amides is 1. The van der Waals surface area contributed by atoms with Gasteiger partial charge < -0.3 is 15.5 Å². The number of hydrogen-bond donors (Lipinski definition) is 2. The van der Waals surface area contributed by atoms with Crippen LogP contribution in [-0.4, -0.2) is 42.5 Å². The summed E-state index contributed by atoms with van der Waals surface area (Å²) in [5.74, 6) is 0.0366. The molecule has 116 valence electrons. The Morgan fingerprint density at radius 1 is 1.29 bits per heavy atom. The van der Waals surface area contributed by atoms with Crippen molar-refractivity contribution in [2.75, 3.05) is 25.0 Å². The Morgan fingerprint density at radius 2 is 1.95 bits per heavy atom. The highest BCUT2D eigenvalue weighted by Crippen LogP contribution is 2.17. The second-order valence-corrected chi connectivity index (χ2v) is 5.95. The quantitative estimate of drug-likeness (QED) is 0.876. The molecule has 1 amide bonds. The lowest BCUT2D eigenvalue weighted by Gasteiger charge is -2.34. The van der Waals surface area contributed by atoms with Crippen LogP contribution in [0.5, 0.6) is 0 Å². The van der Waals surface area contributed by atoms with Crippen LogP contribution >= 0.6 is 0 Å². The fourth-order valence-electron chi connectivity index (χ4n) is 2.85. The summed E-state index contributed by atoms with van der Waals surface area (Å²) in [5.41, 5.74) is 1.66. The van der Waals surface area contributed by atoms with Crippen LogP contribution in [0, 0.1) is 0 Å². The first-order valence-corrected chi connectivity index (χ1v) is 7.99. The molecule has 0 aliphatic carbocycles. The third-order valence-corrected chi connectivity index (χ3v) is 4.13. The van der Waals surface area contributed by atoms with Gasteiger partial charge in [-0.05, 0) is 45.7 Å². The molecule has 1 aromatic rings. The van der Waals surface area contributed by atoms with Gasteiger partial charge in [-0.25, -0.2) is 0 Å². The number of nitrogens with zero attached hydrogens (tertiary/aromatic N) is 1. The Hall–Kier alpha value is -1.55. The van der Waals surface area contributed by atoms with Gasteiger partial charge in [0.15, 0.2) is 0 Å². The maximum atomic E-state index is 12.5. The molecule has 1 aromatic carbocycles. The van der Waals surface area contributed by atoms with Crippen LogP contribution in [-0.2, 0) is 0 Å². The molecule has 0 spiro atoms. The molecule has 21 heavy (non-hydrogen) atoms. The zero-order valence-corrected chi connectivity index (χ0v) is 13.4. The number of rotatable bonds is 5.